The van der Waals surface area contributed by atoms with E-state index >= 15 is 0 Å². The van der Waals surface area contributed by atoms with Gasteiger partial charge in [-0.15, -0.1) is 0 Å². The maximum Gasteiger partial charge on any atom is 0.213 e. The van der Waals surface area contributed by atoms with E-state index in [-0.39, 0.29) is 5.75 Å². The van der Waals surface area contributed by atoms with E-state index in [4.69, 9.17) is 0 Å². The van der Waals surface area contributed by atoms with Crippen molar-refractivity contribution in [2.75, 3.05) is 31.9 Å². The van der Waals surface area contributed by atoms with Gasteiger partial charge in [0.25, 0.3) is 0 Å². The van der Waals surface area contributed by atoms with Gasteiger partial charge in [0.15, 0.2) is 0 Å². The molecule has 0 aliphatic carbocycles. The zero-order valence-corrected chi connectivity index (χ0v) is 13.3. The Hall–Kier alpha value is -0.130. The molecule has 2 heterocycles. The summed E-state index contributed by atoms with van der Waals surface area (Å²) in [6.07, 6.45) is 3.33. The van der Waals surface area contributed by atoms with Crippen LogP contribution < -0.4 is 0 Å². The Bertz CT molecular complexity index is 378. The van der Waals surface area contributed by atoms with Gasteiger partial charge in [-0.3, -0.25) is 4.90 Å². The van der Waals surface area contributed by atoms with Crippen LogP contribution in [-0.4, -0.2) is 55.6 Å². The topological polar surface area (TPSA) is 40.6 Å². The van der Waals surface area contributed by atoms with E-state index in [0.29, 0.717) is 19.1 Å². The minimum absolute atomic E-state index is 0.232. The quantitative estimate of drug-likeness (QED) is 0.795. The molecule has 0 aromatic carbocycles. The van der Waals surface area contributed by atoms with Gasteiger partial charge in [-0.05, 0) is 38.0 Å². The van der Waals surface area contributed by atoms with E-state index in [9.17, 15) is 8.42 Å². The lowest BCUT2D eigenvalue weighted by Crippen LogP contribution is -2.51. The Balaban J connectivity index is 1.89. The summed E-state index contributed by atoms with van der Waals surface area (Å²) in [5.74, 6) is 1.79. The highest BCUT2D eigenvalue weighted by Gasteiger charge is 2.32. The Labute approximate surface area is 118 Å². The van der Waals surface area contributed by atoms with Crippen molar-refractivity contribution in [1.29, 1.82) is 0 Å². The molecule has 2 fully saturated rings. The van der Waals surface area contributed by atoms with Crippen molar-refractivity contribution in [3.8, 4) is 0 Å². The van der Waals surface area contributed by atoms with Gasteiger partial charge >= 0.3 is 0 Å². The van der Waals surface area contributed by atoms with Crippen LogP contribution in [0.2, 0.25) is 0 Å². The number of hydrogen-bond donors (Lipinski definition) is 0. The Morgan fingerprint density at radius 2 is 1.58 bits per heavy atom. The molecular formula is C14H28N2O2S. The minimum atomic E-state index is -2.98. The minimum Gasteiger partial charge on any atom is -0.300 e. The zero-order chi connectivity index (χ0) is 14.0. The van der Waals surface area contributed by atoms with Crippen LogP contribution in [0.1, 0.15) is 40.0 Å². The first-order valence-electron chi connectivity index (χ1n) is 7.64. The monoisotopic (exact) mass is 288 g/mol. The van der Waals surface area contributed by atoms with E-state index < -0.39 is 10.0 Å². The Morgan fingerprint density at radius 3 is 2.05 bits per heavy atom. The maximum absolute atomic E-state index is 11.9. The van der Waals surface area contributed by atoms with Crippen LogP contribution in [0.3, 0.4) is 0 Å². The van der Waals surface area contributed by atoms with E-state index in [1.807, 2.05) is 0 Å². The van der Waals surface area contributed by atoms with Crippen molar-refractivity contribution in [2.24, 2.45) is 11.8 Å². The second kappa shape index (κ2) is 6.10. The summed E-state index contributed by atoms with van der Waals surface area (Å²) in [7, 11) is -2.98. The standard InChI is InChI=1S/C14H28N2O2S/c1-4-19(17,18)16-7-5-14(6-8-16)15-10-12(2)9-13(3)11-15/h12-14H,4-11H2,1-3H3/t12-,13-/m0/s1. The lowest BCUT2D eigenvalue weighted by atomic mass is 9.89. The number of hydrogen-bond acceptors (Lipinski definition) is 3. The fourth-order valence-electron chi connectivity index (χ4n) is 3.68. The van der Waals surface area contributed by atoms with E-state index in [2.05, 4.69) is 18.7 Å². The molecule has 5 heteroatoms. The largest absolute Gasteiger partial charge is 0.300 e. The van der Waals surface area contributed by atoms with Gasteiger partial charge < -0.3 is 0 Å². The smallest absolute Gasteiger partial charge is 0.213 e. The molecule has 0 amide bonds. The Kier molecular flexibility index (Phi) is 4.90. The fraction of sp³-hybridized carbons (Fsp3) is 1.00. The maximum atomic E-state index is 11.9. The molecule has 0 aromatic rings. The molecule has 0 bridgehead atoms. The summed E-state index contributed by atoms with van der Waals surface area (Å²) in [6.45, 7) is 10.2. The van der Waals surface area contributed by atoms with Crippen molar-refractivity contribution in [3.05, 3.63) is 0 Å². The predicted octanol–water partition coefficient (Wildman–Crippen LogP) is 1.78. The van der Waals surface area contributed by atoms with Crippen molar-refractivity contribution in [2.45, 2.75) is 46.1 Å². The van der Waals surface area contributed by atoms with Gasteiger partial charge in [-0.1, -0.05) is 13.8 Å². The van der Waals surface area contributed by atoms with Crippen molar-refractivity contribution < 1.29 is 8.42 Å². The van der Waals surface area contributed by atoms with E-state index in [1.54, 1.807) is 11.2 Å². The molecule has 0 spiro atoms. The lowest BCUT2D eigenvalue weighted by Gasteiger charge is -2.43. The molecule has 2 saturated heterocycles. The Morgan fingerprint density at radius 1 is 1.05 bits per heavy atom. The summed E-state index contributed by atoms with van der Waals surface area (Å²) < 4.78 is 25.4. The van der Waals surface area contributed by atoms with Gasteiger partial charge in [0.05, 0.1) is 5.75 Å². The van der Waals surface area contributed by atoms with E-state index in [1.165, 1.54) is 19.5 Å². The predicted molar refractivity (Wildman–Crippen MR) is 78.6 cm³/mol. The first kappa shape index (κ1) is 15.3. The normalized spacial score (nSPS) is 32.6. The third-order valence-corrected chi connectivity index (χ3v) is 6.48. The number of sulfonamides is 1. The summed E-state index contributed by atoms with van der Waals surface area (Å²) in [6, 6.07) is 0.591. The van der Waals surface area contributed by atoms with Crippen molar-refractivity contribution >= 4 is 10.0 Å². The molecule has 2 rings (SSSR count). The number of piperidine rings is 2. The highest BCUT2D eigenvalue weighted by atomic mass is 32.2. The highest BCUT2D eigenvalue weighted by molar-refractivity contribution is 7.89. The SMILES string of the molecule is CCS(=O)(=O)N1CCC(N2C[C@@H](C)C[C@H](C)C2)CC1. The average Bonchev–Trinajstić information content (AvgIpc) is 2.38. The van der Waals surface area contributed by atoms with Crippen LogP contribution >= 0.6 is 0 Å². The molecule has 112 valence electrons. The fourth-order valence-corrected chi connectivity index (χ4v) is 4.81. The van der Waals surface area contributed by atoms with Crippen LogP contribution in [0.15, 0.2) is 0 Å². The van der Waals surface area contributed by atoms with E-state index in [0.717, 1.165) is 24.7 Å². The van der Waals surface area contributed by atoms with Gasteiger partial charge in [-0.2, -0.15) is 0 Å². The van der Waals surface area contributed by atoms with Crippen LogP contribution in [0.25, 0.3) is 0 Å². The van der Waals surface area contributed by atoms with Gasteiger partial charge in [-0.25, -0.2) is 12.7 Å². The summed E-state index contributed by atoms with van der Waals surface area (Å²) in [5.41, 5.74) is 0. The average molecular weight is 288 g/mol. The van der Waals surface area contributed by atoms with Gasteiger partial charge in [0.1, 0.15) is 0 Å². The third kappa shape index (κ3) is 3.70. The molecule has 0 aromatic heterocycles. The molecule has 2 atom stereocenters. The van der Waals surface area contributed by atoms with Gasteiger partial charge in [0, 0.05) is 32.2 Å². The molecule has 4 nitrogen and oxygen atoms in total. The first-order chi connectivity index (χ1) is 8.92. The third-order valence-electron chi connectivity index (χ3n) is 4.60. The molecule has 0 saturated carbocycles. The summed E-state index contributed by atoms with van der Waals surface area (Å²) in [4.78, 5) is 2.61. The van der Waals surface area contributed by atoms with Crippen LogP contribution in [0, 0.1) is 11.8 Å². The number of likely N-dealkylation sites (tertiary alicyclic amines) is 1. The molecule has 0 radical (unpaired) electrons. The molecule has 2 aliphatic heterocycles. The second-order valence-electron chi connectivity index (χ2n) is 6.43. The summed E-state index contributed by atoms with van der Waals surface area (Å²) in [5, 5.41) is 0. The summed E-state index contributed by atoms with van der Waals surface area (Å²) >= 11 is 0. The van der Waals surface area contributed by atoms with Crippen molar-refractivity contribution in [1.82, 2.24) is 9.21 Å². The highest BCUT2D eigenvalue weighted by Crippen LogP contribution is 2.27. The number of rotatable bonds is 3. The molecule has 0 unspecified atom stereocenters. The van der Waals surface area contributed by atoms with Crippen LogP contribution in [0.5, 0.6) is 0 Å². The molecule has 19 heavy (non-hydrogen) atoms. The lowest BCUT2D eigenvalue weighted by molar-refractivity contribution is 0.0689. The van der Waals surface area contributed by atoms with Crippen LogP contribution in [-0.2, 0) is 10.0 Å². The first-order valence-corrected chi connectivity index (χ1v) is 9.25. The van der Waals surface area contributed by atoms with Crippen molar-refractivity contribution in [3.63, 3.8) is 0 Å². The molecular weight excluding hydrogens is 260 g/mol. The molecule has 0 N–H and O–H groups in total. The van der Waals surface area contributed by atoms with Gasteiger partial charge in [0.2, 0.25) is 10.0 Å². The number of nitrogens with zero attached hydrogens (tertiary/aromatic N) is 2. The zero-order valence-electron chi connectivity index (χ0n) is 12.5. The second-order valence-corrected chi connectivity index (χ2v) is 8.69. The molecule has 2 aliphatic rings. The van der Waals surface area contributed by atoms with Crippen LogP contribution in [0.4, 0.5) is 0 Å².